The molecule has 0 radical (unpaired) electrons. The molecule has 3 aromatic rings. The van der Waals surface area contributed by atoms with Crippen molar-refractivity contribution in [3.63, 3.8) is 0 Å². The molecule has 7 heteroatoms. The number of hydrogen-bond acceptors (Lipinski definition) is 4. The van der Waals surface area contributed by atoms with E-state index in [1.54, 1.807) is 19.1 Å². The first kappa shape index (κ1) is 15.1. The lowest BCUT2D eigenvalue weighted by Gasteiger charge is -2.04. The number of rotatable bonds is 4. The molecule has 3 rings (SSSR count). The van der Waals surface area contributed by atoms with Crippen molar-refractivity contribution in [2.24, 2.45) is 0 Å². The van der Waals surface area contributed by atoms with Gasteiger partial charge in [-0.2, -0.15) is 9.37 Å². The summed E-state index contributed by atoms with van der Waals surface area (Å²) < 4.78 is 50.1. The van der Waals surface area contributed by atoms with Crippen molar-refractivity contribution >= 4 is 0 Å². The fourth-order valence-corrected chi connectivity index (χ4v) is 1.90. The first-order valence-electron chi connectivity index (χ1n) is 6.70. The number of ether oxygens (including phenoxy) is 1. The molecule has 0 aliphatic heterocycles. The summed E-state index contributed by atoms with van der Waals surface area (Å²) in [6.45, 7) is 1.41. The van der Waals surface area contributed by atoms with Gasteiger partial charge < -0.3 is 9.26 Å². The summed E-state index contributed by atoms with van der Waals surface area (Å²) in [5, 5.41) is 3.71. The fraction of sp³-hybridized carbons (Fsp3) is 0.125. The second-order valence-electron chi connectivity index (χ2n) is 4.82. The minimum Gasteiger partial charge on any atom is -0.481 e. The van der Waals surface area contributed by atoms with Gasteiger partial charge in [-0.1, -0.05) is 23.4 Å². The minimum absolute atomic E-state index is 0.0599. The van der Waals surface area contributed by atoms with E-state index in [0.717, 1.165) is 6.07 Å². The van der Waals surface area contributed by atoms with Crippen molar-refractivity contribution in [3.05, 3.63) is 65.3 Å². The van der Waals surface area contributed by atoms with Crippen LogP contribution in [0.15, 0.2) is 40.9 Å². The van der Waals surface area contributed by atoms with Gasteiger partial charge in [0.05, 0.1) is 0 Å². The van der Waals surface area contributed by atoms with E-state index in [4.69, 9.17) is 9.26 Å². The normalized spacial score (nSPS) is 10.8. The molecule has 0 aliphatic rings. The Kier molecular flexibility index (Phi) is 4.01. The van der Waals surface area contributed by atoms with Crippen molar-refractivity contribution in [2.75, 3.05) is 0 Å². The van der Waals surface area contributed by atoms with Gasteiger partial charge in [-0.15, -0.1) is 0 Å². The Labute approximate surface area is 129 Å². The molecule has 0 spiro atoms. The second kappa shape index (κ2) is 6.12. The molecular formula is C16H11F3N2O2. The average Bonchev–Trinajstić information content (AvgIpc) is 3.00. The van der Waals surface area contributed by atoms with Crippen LogP contribution >= 0.6 is 0 Å². The Bertz CT molecular complexity index is 849. The van der Waals surface area contributed by atoms with Crippen LogP contribution in [0.2, 0.25) is 0 Å². The van der Waals surface area contributed by atoms with Crippen molar-refractivity contribution in [1.29, 1.82) is 0 Å². The quantitative estimate of drug-likeness (QED) is 0.728. The van der Waals surface area contributed by atoms with Gasteiger partial charge in [-0.3, -0.25) is 0 Å². The number of aryl methyl sites for hydroxylation is 1. The Morgan fingerprint density at radius 2 is 1.91 bits per heavy atom. The van der Waals surface area contributed by atoms with Gasteiger partial charge in [0.2, 0.25) is 11.6 Å². The van der Waals surface area contributed by atoms with Crippen LogP contribution in [0, 0.1) is 24.4 Å². The Morgan fingerprint density at radius 1 is 1.09 bits per heavy atom. The maximum absolute atomic E-state index is 13.5. The van der Waals surface area contributed by atoms with Crippen LogP contribution in [0.4, 0.5) is 13.2 Å². The SMILES string of the molecule is Cc1ccc(-c2noc(COc3cccc(F)c3F)n2)cc1F. The van der Waals surface area contributed by atoms with Crippen LogP contribution in [0.1, 0.15) is 11.5 Å². The summed E-state index contributed by atoms with van der Waals surface area (Å²) in [5.74, 6) is -2.50. The number of aromatic nitrogens is 2. The molecule has 0 bridgehead atoms. The zero-order valence-electron chi connectivity index (χ0n) is 12.0. The molecule has 1 aromatic heterocycles. The highest BCUT2D eigenvalue weighted by Gasteiger charge is 2.13. The van der Waals surface area contributed by atoms with E-state index >= 15 is 0 Å². The smallest absolute Gasteiger partial charge is 0.264 e. The molecule has 1 heterocycles. The summed E-state index contributed by atoms with van der Waals surface area (Å²) >= 11 is 0. The summed E-state index contributed by atoms with van der Waals surface area (Å²) in [6.07, 6.45) is 0. The third kappa shape index (κ3) is 3.18. The summed E-state index contributed by atoms with van der Waals surface area (Å²) in [5.41, 5.74) is 0.947. The Morgan fingerprint density at radius 3 is 2.70 bits per heavy atom. The fourth-order valence-electron chi connectivity index (χ4n) is 1.90. The standard InChI is InChI=1S/C16H11F3N2O2/c1-9-5-6-10(7-12(9)18)16-20-14(23-21-16)8-22-13-4-2-3-11(17)15(13)19/h2-7H,8H2,1H3. The van der Waals surface area contributed by atoms with Gasteiger partial charge in [0.25, 0.3) is 5.89 Å². The topological polar surface area (TPSA) is 48.2 Å². The maximum atomic E-state index is 13.5. The van der Waals surface area contributed by atoms with Crippen molar-refractivity contribution in [1.82, 2.24) is 10.1 Å². The third-order valence-electron chi connectivity index (χ3n) is 3.17. The zero-order chi connectivity index (χ0) is 16.4. The van der Waals surface area contributed by atoms with Gasteiger partial charge in [-0.05, 0) is 30.7 Å². The molecular weight excluding hydrogens is 309 g/mol. The van der Waals surface area contributed by atoms with E-state index in [2.05, 4.69) is 10.1 Å². The molecule has 0 saturated heterocycles. The van der Waals surface area contributed by atoms with E-state index in [1.165, 1.54) is 18.2 Å². The molecule has 118 valence electrons. The largest absolute Gasteiger partial charge is 0.481 e. The van der Waals surface area contributed by atoms with Crippen molar-refractivity contribution in [3.8, 4) is 17.1 Å². The first-order valence-corrected chi connectivity index (χ1v) is 6.70. The van der Waals surface area contributed by atoms with Crippen LogP contribution in [0.3, 0.4) is 0 Å². The van der Waals surface area contributed by atoms with Gasteiger partial charge in [0.15, 0.2) is 18.2 Å². The van der Waals surface area contributed by atoms with Crippen molar-refractivity contribution in [2.45, 2.75) is 13.5 Å². The van der Waals surface area contributed by atoms with E-state index < -0.39 is 11.6 Å². The molecule has 0 amide bonds. The lowest BCUT2D eigenvalue weighted by molar-refractivity contribution is 0.232. The zero-order valence-corrected chi connectivity index (χ0v) is 12.0. The van der Waals surface area contributed by atoms with Crippen LogP contribution in [0.5, 0.6) is 5.75 Å². The highest BCUT2D eigenvalue weighted by molar-refractivity contribution is 5.54. The molecule has 0 unspecified atom stereocenters. The predicted molar refractivity (Wildman–Crippen MR) is 75.1 cm³/mol. The molecule has 4 nitrogen and oxygen atoms in total. The van der Waals surface area contributed by atoms with E-state index in [0.29, 0.717) is 11.1 Å². The number of halogens is 3. The lowest BCUT2D eigenvalue weighted by Crippen LogP contribution is -1.99. The predicted octanol–water partition coefficient (Wildman–Crippen LogP) is 4.04. The molecule has 0 aliphatic carbocycles. The van der Waals surface area contributed by atoms with E-state index in [1.807, 2.05) is 0 Å². The summed E-state index contributed by atoms with van der Waals surface area (Å²) in [6, 6.07) is 8.13. The highest BCUT2D eigenvalue weighted by Crippen LogP contribution is 2.22. The van der Waals surface area contributed by atoms with Crippen molar-refractivity contribution < 1.29 is 22.4 Å². The number of hydrogen-bond donors (Lipinski definition) is 0. The molecule has 0 saturated carbocycles. The van der Waals surface area contributed by atoms with Crippen LogP contribution < -0.4 is 4.74 Å². The van der Waals surface area contributed by atoms with Crippen LogP contribution in [-0.2, 0) is 6.61 Å². The Balaban J connectivity index is 1.74. The summed E-state index contributed by atoms with van der Waals surface area (Å²) in [7, 11) is 0. The minimum atomic E-state index is -1.09. The molecule has 0 fully saturated rings. The molecule has 2 aromatic carbocycles. The van der Waals surface area contributed by atoms with E-state index in [-0.39, 0.29) is 29.9 Å². The molecule has 0 N–H and O–H groups in total. The lowest BCUT2D eigenvalue weighted by atomic mass is 10.1. The van der Waals surface area contributed by atoms with Gasteiger partial charge in [0.1, 0.15) is 5.82 Å². The Hall–Kier alpha value is -2.83. The first-order chi connectivity index (χ1) is 11.0. The third-order valence-corrected chi connectivity index (χ3v) is 3.17. The van der Waals surface area contributed by atoms with Gasteiger partial charge >= 0.3 is 0 Å². The van der Waals surface area contributed by atoms with Gasteiger partial charge in [0, 0.05) is 5.56 Å². The van der Waals surface area contributed by atoms with Crippen LogP contribution in [0.25, 0.3) is 11.4 Å². The summed E-state index contributed by atoms with van der Waals surface area (Å²) in [4.78, 5) is 4.03. The monoisotopic (exact) mass is 320 g/mol. The highest BCUT2D eigenvalue weighted by atomic mass is 19.2. The van der Waals surface area contributed by atoms with E-state index in [9.17, 15) is 13.2 Å². The maximum Gasteiger partial charge on any atom is 0.264 e. The average molecular weight is 320 g/mol. The molecule has 23 heavy (non-hydrogen) atoms. The second-order valence-corrected chi connectivity index (χ2v) is 4.82. The molecule has 0 atom stereocenters. The van der Waals surface area contributed by atoms with Crippen LogP contribution in [-0.4, -0.2) is 10.1 Å². The number of nitrogens with zero attached hydrogens (tertiary/aromatic N) is 2. The van der Waals surface area contributed by atoms with Gasteiger partial charge in [-0.25, -0.2) is 8.78 Å². The number of benzene rings is 2.